The van der Waals surface area contributed by atoms with Crippen molar-refractivity contribution >= 4 is 33.5 Å². The van der Waals surface area contributed by atoms with Crippen LogP contribution >= 0.6 is 15.9 Å². The molecule has 116 valence electrons. The zero-order valence-corrected chi connectivity index (χ0v) is 13.6. The molecule has 1 rings (SSSR count). The number of hydrogen-bond donors (Lipinski definition) is 3. The molecule has 0 aliphatic carbocycles. The molecule has 0 radical (unpaired) electrons. The standard InChI is InChI=1S/C15H21BrN2O3/c1-2-10(3-6-14(19)20)7-8-18-11-4-5-12(15(17)21)13(16)9-11/h4-5,9-10,18H,2-3,6-8H2,1H3,(H2,17,21)(H,19,20). The highest BCUT2D eigenvalue weighted by atomic mass is 79.9. The molecule has 0 heterocycles. The maximum Gasteiger partial charge on any atom is 0.303 e. The maximum absolute atomic E-state index is 11.1. The van der Waals surface area contributed by atoms with Crippen molar-refractivity contribution in [3.63, 3.8) is 0 Å². The summed E-state index contributed by atoms with van der Waals surface area (Å²) in [4.78, 5) is 21.7. The Morgan fingerprint density at radius 1 is 1.38 bits per heavy atom. The molecule has 6 heteroatoms. The van der Waals surface area contributed by atoms with E-state index in [0.29, 0.717) is 22.4 Å². The number of carboxylic acids is 1. The van der Waals surface area contributed by atoms with Gasteiger partial charge in [-0.05, 0) is 52.9 Å². The summed E-state index contributed by atoms with van der Waals surface area (Å²) >= 11 is 3.32. The molecule has 0 aromatic heterocycles. The van der Waals surface area contributed by atoms with Crippen LogP contribution in [-0.2, 0) is 4.79 Å². The van der Waals surface area contributed by atoms with Crippen LogP contribution in [0.1, 0.15) is 43.0 Å². The van der Waals surface area contributed by atoms with Gasteiger partial charge in [0, 0.05) is 23.1 Å². The number of anilines is 1. The molecule has 0 aliphatic heterocycles. The van der Waals surface area contributed by atoms with Gasteiger partial charge in [0.2, 0.25) is 5.91 Å². The van der Waals surface area contributed by atoms with Crippen molar-refractivity contribution in [1.82, 2.24) is 0 Å². The van der Waals surface area contributed by atoms with E-state index < -0.39 is 11.9 Å². The van der Waals surface area contributed by atoms with E-state index in [1.165, 1.54) is 0 Å². The third-order valence-electron chi connectivity index (χ3n) is 3.46. The van der Waals surface area contributed by atoms with E-state index in [9.17, 15) is 9.59 Å². The molecule has 1 atom stereocenters. The Bertz CT molecular complexity index is 506. The van der Waals surface area contributed by atoms with Crippen LogP contribution < -0.4 is 11.1 Å². The van der Waals surface area contributed by atoms with Crippen LogP contribution in [0.4, 0.5) is 5.69 Å². The summed E-state index contributed by atoms with van der Waals surface area (Å²) in [6.07, 6.45) is 2.81. The van der Waals surface area contributed by atoms with E-state index in [0.717, 1.165) is 25.1 Å². The van der Waals surface area contributed by atoms with E-state index in [1.807, 2.05) is 12.1 Å². The minimum absolute atomic E-state index is 0.220. The van der Waals surface area contributed by atoms with Crippen molar-refractivity contribution in [3.8, 4) is 0 Å². The Balaban J connectivity index is 2.46. The van der Waals surface area contributed by atoms with Gasteiger partial charge in [0.15, 0.2) is 0 Å². The van der Waals surface area contributed by atoms with Gasteiger partial charge in [-0.15, -0.1) is 0 Å². The van der Waals surface area contributed by atoms with Gasteiger partial charge in [-0.25, -0.2) is 0 Å². The molecular weight excluding hydrogens is 336 g/mol. The molecule has 0 bridgehead atoms. The van der Waals surface area contributed by atoms with Gasteiger partial charge in [-0.3, -0.25) is 9.59 Å². The van der Waals surface area contributed by atoms with E-state index >= 15 is 0 Å². The average Bonchev–Trinajstić information content (AvgIpc) is 2.42. The Morgan fingerprint density at radius 3 is 2.62 bits per heavy atom. The van der Waals surface area contributed by atoms with E-state index in [1.54, 1.807) is 6.07 Å². The van der Waals surface area contributed by atoms with Gasteiger partial charge in [-0.2, -0.15) is 0 Å². The van der Waals surface area contributed by atoms with Gasteiger partial charge in [0.25, 0.3) is 0 Å². The zero-order chi connectivity index (χ0) is 15.8. The fraction of sp³-hybridized carbons (Fsp3) is 0.467. The number of carbonyl (C=O) groups is 2. The summed E-state index contributed by atoms with van der Waals surface area (Å²) in [6, 6.07) is 5.30. The van der Waals surface area contributed by atoms with Crippen LogP contribution in [0.25, 0.3) is 0 Å². The van der Waals surface area contributed by atoms with Crippen LogP contribution in [0.5, 0.6) is 0 Å². The first kappa shape index (κ1) is 17.5. The molecule has 0 aliphatic rings. The first-order valence-corrected chi connectivity index (χ1v) is 7.78. The highest BCUT2D eigenvalue weighted by molar-refractivity contribution is 9.10. The van der Waals surface area contributed by atoms with Gasteiger partial charge in [0.1, 0.15) is 0 Å². The third-order valence-corrected chi connectivity index (χ3v) is 4.12. The lowest BCUT2D eigenvalue weighted by Gasteiger charge is -2.15. The Hall–Kier alpha value is -1.56. The molecule has 0 fully saturated rings. The predicted molar refractivity (Wildman–Crippen MR) is 86.4 cm³/mol. The van der Waals surface area contributed by atoms with Crippen molar-refractivity contribution in [1.29, 1.82) is 0 Å². The molecule has 0 saturated heterocycles. The second-order valence-corrected chi connectivity index (χ2v) is 5.84. The van der Waals surface area contributed by atoms with Crippen molar-refractivity contribution in [3.05, 3.63) is 28.2 Å². The van der Waals surface area contributed by atoms with E-state index in [4.69, 9.17) is 10.8 Å². The van der Waals surface area contributed by atoms with Gasteiger partial charge >= 0.3 is 5.97 Å². The number of hydrogen-bond acceptors (Lipinski definition) is 3. The van der Waals surface area contributed by atoms with Crippen molar-refractivity contribution in [2.45, 2.75) is 32.6 Å². The SMILES string of the molecule is CCC(CCNc1ccc(C(N)=O)c(Br)c1)CCC(=O)O. The zero-order valence-electron chi connectivity index (χ0n) is 12.1. The summed E-state index contributed by atoms with van der Waals surface area (Å²) in [5, 5.41) is 12.0. The highest BCUT2D eigenvalue weighted by Crippen LogP contribution is 2.22. The topological polar surface area (TPSA) is 92.4 Å². The Labute approximate surface area is 133 Å². The van der Waals surface area contributed by atoms with Crippen molar-refractivity contribution in [2.24, 2.45) is 11.7 Å². The summed E-state index contributed by atoms with van der Waals surface area (Å²) in [5.74, 6) is -0.803. The summed E-state index contributed by atoms with van der Waals surface area (Å²) in [5.41, 5.74) is 6.60. The lowest BCUT2D eigenvalue weighted by atomic mass is 9.96. The monoisotopic (exact) mass is 356 g/mol. The Morgan fingerprint density at radius 2 is 2.10 bits per heavy atom. The van der Waals surface area contributed by atoms with Crippen molar-refractivity contribution < 1.29 is 14.7 Å². The molecule has 0 spiro atoms. The summed E-state index contributed by atoms with van der Waals surface area (Å²) in [6.45, 7) is 2.84. The molecule has 1 unspecified atom stereocenters. The molecule has 5 nitrogen and oxygen atoms in total. The minimum atomic E-state index is -0.743. The number of amides is 1. The molecule has 0 saturated carbocycles. The van der Waals surface area contributed by atoms with Gasteiger partial charge in [-0.1, -0.05) is 13.3 Å². The van der Waals surface area contributed by atoms with Crippen LogP contribution in [-0.4, -0.2) is 23.5 Å². The molecule has 21 heavy (non-hydrogen) atoms. The largest absolute Gasteiger partial charge is 0.481 e. The van der Waals surface area contributed by atoms with Gasteiger partial charge in [0.05, 0.1) is 5.56 Å². The first-order chi connectivity index (χ1) is 9.93. The Kier molecular flexibility index (Phi) is 7.22. The molecule has 1 amide bonds. The molecular formula is C15H21BrN2O3. The van der Waals surface area contributed by atoms with Crippen LogP contribution in [0.15, 0.2) is 22.7 Å². The number of carbonyl (C=O) groups excluding carboxylic acids is 1. The number of nitrogens with two attached hydrogens (primary N) is 1. The maximum atomic E-state index is 11.1. The molecule has 1 aromatic rings. The number of benzene rings is 1. The van der Waals surface area contributed by atoms with E-state index in [2.05, 4.69) is 28.2 Å². The number of primary amides is 1. The summed E-state index contributed by atoms with van der Waals surface area (Å²) in [7, 11) is 0. The third kappa shape index (κ3) is 6.16. The second kappa shape index (κ2) is 8.67. The van der Waals surface area contributed by atoms with Gasteiger partial charge < -0.3 is 16.2 Å². The van der Waals surface area contributed by atoms with Crippen LogP contribution in [0.3, 0.4) is 0 Å². The predicted octanol–water partition coefficient (Wildman–Crippen LogP) is 3.24. The number of nitrogens with one attached hydrogen (secondary N) is 1. The average molecular weight is 357 g/mol. The van der Waals surface area contributed by atoms with Crippen LogP contribution in [0, 0.1) is 5.92 Å². The van der Waals surface area contributed by atoms with Crippen molar-refractivity contribution in [2.75, 3.05) is 11.9 Å². The number of rotatable bonds is 9. The fourth-order valence-electron chi connectivity index (χ4n) is 2.13. The fourth-order valence-corrected chi connectivity index (χ4v) is 2.70. The summed E-state index contributed by atoms with van der Waals surface area (Å²) < 4.78 is 0.665. The van der Waals surface area contributed by atoms with Crippen LogP contribution in [0.2, 0.25) is 0 Å². The smallest absolute Gasteiger partial charge is 0.303 e. The quantitative estimate of drug-likeness (QED) is 0.633. The highest BCUT2D eigenvalue weighted by Gasteiger charge is 2.10. The molecule has 4 N–H and O–H groups in total. The molecule has 1 aromatic carbocycles. The first-order valence-electron chi connectivity index (χ1n) is 6.99. The second-order valence-electron chi connectivity index (χ2n) is 4.98. The minimum Gasteiger partial charge on any atom is -0.481 e. The number of carboxylic acid groups (broad SMARTS) is 1. The number of halogens is 1. The van der Waals surface area contributed by atoms with E-state index in [-0.39, 0.29) is 6.42 Å². The lowest BCUT2D eigenvalue weighted by Crippen LogP contribution is -2.13. The number of aliphatic carboxylic acids is 1. The lowest BCUT2D eigenvalue weighted by molar-refractivity contribution is -0.137. The normalized spacial score (nSPS) is 11.9.